The molecule has 3 aromatic carbocycles. The van der Waals surface area contributed by atoms with E-state index in [1.54, 1.807) is 13.8 Å². The van der Waals surface area contributed by atoms with Gasteiger partial charge in [0.15, 0.2) is 5.75 Å². The second kappa shape index (κ2) is 11.1. The lowest BCUT2D eigenvalue weighted by Gasteiger charge is -2.14. The fraction of sp³-hybridized carbons (Fsp3) is 0.130. The minimum Gasteiger partial charge on any atom is -0.474 e. The maximum absolute atomic E-state index is 14.2. The van der Waals surface area contributed by atoms with Crippen molar-refractivity contribution < 1.29 is 28.0 Å². The Morgan fingerprint density at radius 2 is 1.63 bits per heavy atom. The number of halogens is 4. The molecule has 0 saturated carbocycles. The number of urea groups is 1. The van der Waals surface area contributed by atoms with E-state index in [9.17, 15) is 23.7 Å². The summed E-state index contributed by atoms with van der Waals surface area (Å²) in [6.45, 7) is 3.21. The van der Waals surface area contributed by atoms with E-state index in [4.69, 9.17) is 32.7 Å². The number of nitrogens with zero attached hydrogens (tertiary/aromatic N) is 2. The number of anilines is 1. The molecular weight excluding hydrogens is 507 g/mol. The van der Waals surface area contributed by atoms with Gasteiger partial charge in [0.1, 0.15) is 22.9 Å². The quantitative estimate of drug-likeness (QED) is 0.157. The van der Waals surface area contributed by atoms with Crippen molar-refractivity contribution in [2.45, 2.75) is 20.0 Å². The lowest BCUT2D eigenvalue weighted by molar-refractivity contribution is -0.384. The van der Waals surface area contributed by atoms with E-state index in [-0.39, 0.29) is 32.9 Å². The van der Waals surface area contributed by atoms with E-state index in [2.05, 4.69) is 10.3 Å². The first-order chi connectivity index (χ1) is 16.5. The summed E-state index contributed by atoms with van der Waals surface area (Å²) in [5.41, 5.74) is -0.591. The number of carbonyl (C=O) groups excluding carboxylic acids is 1. The Kier molecular flexibility index (Phi) is 8.21. The molecule has 0 radical (unpaired) electrons. The fourth-order valence-electron chi connectivity index (χ4n) is 2.79. The molecule has 0 aliphatic heterocycles. The first kappa shape index (κ1) is 25.9. The zero-order chi connectivity index (χ0) is 25.7. The number of ether oxygens (including phenoxy) is 2. The molecular formula is C23H17Cl2F2N3O5. The molecule has 2 amide bonds. The highest BCUT2D eigenvalue weighted by atomic mass is 35.5. The zero-order valence-electron chi connectivity index (χ0n) is 18.2. The lowest BCUT2D eigenvalue weighted by Crippen LogP contribution is -2.19. The number of rotatable bonds is 6. The first-order valence-corrected chi connectivity index (χ1v) is 10.7. The average molecular weight is 524 g/mol. The van der Waals surface area contributed by atoms with E-state index < -0.39 is 40.2 Å². The molecule has 3 aromatic rings. The van der Waals surface area contributed by atoms with Crippen molar-refractivity contribution in [3.05, 3.63) is 92.0 Å². The number of nitro benzene ring substituents is 1. The Morgan fingerprint density at radius 1 is 1.06 bits per heavy atom. The van der Waals surface area contributed by atoms with Gasteiger partial charge >= 0.3 is 6.03 Å². The van der Waals surface area contributed by atoms with E-state index >= 15 is 0 Å². The van der Waals surface area contributed by atoms with Crippen LogP contribution in [0.25, 0.3) is 0 Å². The van der Waals surface area contributed by atoms with Crippen LogP contribution in [0.1, 0.15) is 19.4 Å². The third-order valence-electron chi connectivity index (χ3n) is 4.24. The minimum atomic E-state index is -1.00. The third-order valence-corrected chi connectivity index (χ3v) is 4.81. The summed E-state index contributed by atoms with van der Waals surface area (Å²) < 4.78 is 39.4. The molecule has 1 N–H and O–H groups in total. The number of amides is 2. The molecule has 0 heterocycles. The highest BCUT2D eigenvalue weighted by Gasteiger charge is 2.20. The molecule has 0 aliphatic rings. The van der Waals surface area contributed by atoms with E-state index in [1.807, 2.05) is 0 Å². The predicted octanol–water partition coefficient (Wildman–Crippen LogP) is 7.38. The summed E-state index contributed by atoms with van der Waals surface area (Å²) in [5, 5.41) is 13.2. The second-order valence-electron chi connectivity index (χ2n) is 7.23. The molecule has 0 atom stereocenters. The van der Waals surface area contributed by atoms with Gasteiger partial charge in [0.25, 0.3) is 5.69 Å². The molecule has 0 fully saturated rings. The summed E-state index contributed by atoms with van der Waals surface area (Å²) >= 11 is 12.5. The number of aliphatic imine (C=N–C) groups is 1. The minimum absolute atomic E-state index is 0.00827. The van der Waals surface area contributed by atoms with Crippen LogP contribution in [0.3, 0.4) is 0 Å². The molecule has 0 aromatic heterocycles. The largest absolute Gasteiger partial charge is 0.474 e. The number of nitrogens with one attached hydrogen (secondary N) is 1. The summed E-state index contributed by atoms with van der Waals surface area (Å²) in [5.74, 6) is -2.15. The van der Waals surface area contributed by atoms with Crippen molar-refractivity contribution >= 4 is 46.5 Å². The number of hydrogen-bond donors (Lipinski definition) is 1. The van der Waals surface area contributed by atoms with E-state index in [1.165, 1.54) is 42.5 Å². The van der Waals surface area contributed by atoms with Gasteiger partial charge in [-0.1, -0.05) is 29.3 Å². The van der Waals surface area contributed by atoms with Crippen molar-refractivity contribution in [2.24, 2.45) is 4.99 Å². The van der Waals surface area contributed by atoms with Gasteiger partial charge in [-0.05, 0) is 50.2 Å². The maximum Gasteiger partial charge on any atom is 0.348 e. The molecule has 0 unspecified atom stereocenters. The van der Waals surface area contributed by atoms with Crippen LogP contribution >= 0.6 is 23.2 Å². The normalized spacial score (nSPS) is 11.3. The smallest absolute Gasteiger partial charge is 0.348 e. The van der Waals surface area contributed by atoms with Gasteiger partial charge in [-0.2, -0.15) is 4.99 Å². The Morgan fingerprint density at radius 3 is 2.14 bits per heavy atom. The number of nitro groups is 1. The molecule has 0 aliphatic carbocycles. The van der Waals surface area contributed by atoms with Crippen LogP contribution in [-0.2, 0) is 4.74 Å². The van der Waals surface area contributed by atoms with Crippen LogP contribution in [0.5, 0.6) is 11.5 Å². The number of benzene rings is 3. The molecule has 12 heteroatoms. The van der Waals surface area contributed by atoms with Gasteiger partial charge in [-0.25, -0.2) is 13.6 Å². The van der Waals surface area contributed by atoms with Crippen molar-refractivity contribution in [1.82, 2.24) is 0 Å². The Labute approximate surface area is 208 Å². The van der Waals surface area contributed by atoms with Gasteiger partial charge in [0.05, 0.1) is 21.1 Å². The van der Waals surface area contributed by atoms with Crippen LogP contribution in [0.4, 0.5) is 25.0 Å². The standard InChI is InChI=1S/C23H17Cl2F2N3O5/c1-12(2)34-22(20-18(26)4-3-5-19(20)27)29-23(31)28-13-10-16(24)21(17(25)11-13)35-15-8-6-14(7-9-15)30(32)33/h3-12H,1-2H3,(H,28,31)/b29-22-. The van der Waals surface area contributed by atoms with E-state index in [0.29, 0.717) is 0 Å². The summed E-state index contributed by atoms with van der Waals surface area (Å²) in [7, 11) is 0. The van der Waals surface area contributed by atoms with Crippen LogP contribution in [0.2, 0.25) is 10.0 Å². The van der Waals surface area contributed by atoms with E-state index in [0.717, 1.165) is 12.1 Å². The van der Waals surface area contributed by atoms with Gasteiger partial charge in [-0.3, -0.25) is 10.1 Å². The van der Waals surface area contributed by atoms with Crippen molar-refractivity contribution in [3.8, 4) is 11.5 Å². The maximum atomic E-state index is 14.2. The second-order valence-corrected chi connectivity index (χ2v) is 8.05. The average Bonchev–Trinajstić information content (AvgIpc) is 2.76. The van der Waals surface area contributed by atoms with Crippen molar-refractivity contribution in [3.63, 3.8) is 0 Å². The fourth-order valence-corrected chi connectivity index (χ4v) is 3.36. The molecule has 8 nitrogen and oxygen atoms in total. The van der Waals surface area contributed by atoms with Crippen LogP contribution in [-0.4, -0.2) is 23.0 Å². The van der Waals surface area contributed by atoms with Crippen LogP contribution in [0.15, 0.2) is 59.6 Å². The highest BCUT2D eigenvalue weighted by Crippen LogP contribution is 2.39. The van der Waals surface area contributed by atoms with Gasteiger partial charge in [0.2, 0.25) is 5.90 Å². The van der Waals surface area contributed by atoms with Crippen molar-refractivity contribution in [2.75, 3.05) is 5.32 Å². The number of carbonyl (C=O) groups is 1. The Balaban J connectivity index is 1.83. The zero-order valence-corrected chi connectivity index (χ0v) is 19.7. The van der Waals surface area contributed by atoms with Gasteiger partial charge < -0.3 is 14.8 Å². The van der Waals surface area contributed by atoms with Crippen LogP contribution < -0.4 is 10.1 Å². The summed E-state index contributed by atoms with van der Waals surface area (Å²) in [6, 6.07) is 10.1. The number of non-ortho nitro benzene ring substituents is 1. The molecule has 0 spiro atoms. The van der Waals surface area contributed by atoms with Crippen LogP contribution in [0, 0.1) is 21.7 Å². The molecule has 3 rings (SSSR count). The highest BCUT2D eigenvalue weighted by molar-refractivity contribution is 6.37. The molecule has 0 bridgehead atoms. The molecule has 182 valence electrons. The summed E-state index contributed by atoms with van der Waals surface area (Å²) in [6.07, 6.45) is -0.528. The molecule has 35 heavy (non-hydrogen) atoms. The third kappa shape index (κ3) is 6.65. The van der Waals surface area contributed by atoms with Gasteiger partial charge in [-0.15, -0.1) is 0 Å². The monoisotopic (exact) mass is 523 g/mol. The predicted molar refractivity (Wildman–Crippen MR) is 128 cm³/mol. The van der Waals surface area contributed by atoms with Crippen molar-refractivity contribution in [1.29, 1.82) is 0 Å². The Bertz CT molecular complexity index is 1260. The summed E-state index contributed by atoms with van der Waals surface area (Å²) in [4.78, 5) is 26.4. The SMILES string of the molecule is CC(C)O/C(=N\C(=O)Nc1cc(Cl)c(Oc2ccc([N+](=O)[O-])cc2)c(Cl)c1)c1c(F)cccc1F. The lowest BCUT2D eigenvalue weighted by atomic mass is 10.2. The topological polar surface area (TPSA) is 103 Å². The first-order valence-electron chi connectivity index (χ1n) is 9.97. The number of hydrogen-bond acceptors (Lipinski definition) is 5. The van der Waals surface area contributed by atoms with Gasteiger partial charge in [0, 0.05) is 17.8 Å². The molecule has 0 saturated heterocycles. The Hall–Kier alpha value is -3.76.